The third kappa shape index (κ3) is 1.46. The molecule has 0 fully saturated rings. The maximum absolute atomic E-state index is 13.3. The molecule has 3 heteroatoms. The fourth-order valence-corrected chi connectivity index (χ4v) is 2.70. The van der Waals surface area contributed by atoms with E-state index in [1.54, 1.807) is 0 Å². The van der Waals surface area contributed by atoms with E-state index in [9.17, 15) is 4.39 Å². The Morgan fingerprint density at radius 3 is 2.92 bits per heavy atom. The highest BCUT2D eigenvalue weighted by molar-refractivity contribution is 7.83. The first-order chi connectivity index (χ1) is 6.22. The quantitative estimate of drug-likeness (QED) is 0.681. The summed E-state index contributed by atoms with van der Waals surface area (Å²) in [5.74, 6) is -0.141. The first kappa shape index (κ1) is 9.03. The molecule has 0 bridgehead atoms. The van der Waals surface area contributed by atoms with Crippen LogP contribution in [0.15, 0.2) is 22.4 Å². The number of halogens is 1. The van der Waals surface area contributed by atoms with Gasteiger partial charge in [0, 0.05) is 0 Å². The van der Waals surface area contributed by atoms with Gasteiger partial charge in [0.1, 0.15) is 5.82 Å². The lowest BCUT2D eigenvalue weighted by atomic mass is 10.1. The molecule has 1 aromatic heterocycles. The lowest BCUT2D eigenvalue weighted by Crippen LogP contribution is -1.82. The van der Waals surface area contributed by atoms with E-state index in [1.165, 1.54) is 23.0 Å². The molecule has 0 radical (unpaired) electrons. The molecule has 2 rings (SSSR count). The number of rotatable bonds is 1. The summed E-state index contributed by atoms with van der Waals surface area (Å²) in [6.07, 6.45) is 0.931. The summed E-state index contributed by atoms with van der Waals surface area (Å²) < 4.78 is 14.9. The first-order valence-corrected chi connectivity index (χ1v) is 5.38. The molecule has 0 atom stereocenters. The lowest BCUT2D eigenvalue weighted by Gasteiger charge is -1.98. The van der Waals surface area contributed by atoms with E-state index >= 15 is 0 Å². The zero-order chi connectivity index (χ0) is 9.42. The number of thiophene rings is 1. The summed E-state index contributed by atoms with van der Waals surface area (Å²) >= 11 is 5.63. The van der Waals surface area contributed by atoms with Crippen LogP contribution in [0, 0.1) is 5.82 Å². The highest BCUT2D eigenvalue weighted by Crippen LogP contribution is 2.32. The fourth-order valence-electron chi connectivity index (χ4n) is 1.44. The van der Waals surface area contributed by atoms with Crippen LogP contribution in [0.4, 0.5) is 4.39 Å². The van der Waals surface area contributed by atoms with Gasteiger partial charge in [-0.25, -0.2) is 4.39 Å². The highest BCUT2D eigenvalue weighted by Gasteiger charge is 2.07. The van der Waals surface area contributed by atoms with E-state index in [0.29, 0.717) is 0 Å². The highest BCUT2D eigenvalue weighted by atomic mass is 32.2. The molecule has 0 N–H and O–H groups in total. The largest absolute Gasteiger partial charge is 0.205 e. The summed E-state index contributed by atoms with van der Waals surface area (Å²) in [5, 5.41) is 1.01. The summed E-state index contributed by atoms with van der Waals surface area (Å²) in [6.45, 7) is 2.07. The third-order valence-electron chi connectivity index (χ3n) is 2.09. The number of aryl methyl sites for hydroxylation is 1. The molecular weight excluding hydrogens is 203 g/mol. The maximum Gasteiger partial charge on any atom is 0.141 e. The average Bonchev–Trinajstić information content (AvgIpc) is 2.48. The Balaban J connectivity index is 2.83. The molecule has 0 saturated heterocycles. The van der Waals surface area contributed by atoms with Crippen molar-refractivity contribution in [1.82, 2.24) is 0 Å². The van der Waals surface area contributed by atoms with E-state index < -0.39 is 0 Å². The van der Waals surface area contributed by atoms with Crippen molar-refractivity contribution in [3.63, 3.8) is 0 Å². The summed E-state index contributed by atoms with van der Waals surface area (Å²) in [5.41, 5.74) is 1.19. The van der Waals surface area contributed by atoms with Crippen molar-refractivity contribution in [2.45, 2.75) is 17.6 Å². The Morgan fingerprint density at radius 2 is 2.23 bits per heavy atom. The Bertz CT molecular complexity index is 445. The summed E-state index contributed by atoms with van der Waals surface area (Å²) in [4.78, 5) is 0. The first-order valence-electron chi connectivity index (χ1n) is 4.12. The van der Waals surface area contributed by atoms with Crippen molar-refractivity contribution < 1.29 is 4.39 Å². The molecular formula is C10H9FS2. The minimum Gasteiger partial charge on any atom is -0.205 e. The normalized spacial score (nSPS) is 11.0. The van der Waals surface area contributed by atoms with Gasteiger partial charge in [0.05, 0.1) is 8.91 Å². The standard InChI is InChI=1S/C10H9FS2/c1-2-6-3-4-8(11)10-7(6)5-9(12)13-10/h3-5,12H,2H2,1H3. The Morgan fingerprint density at radius 1 is 1.46 bits per heavy atom. The van der Waals surface area contributed by atoms with Gasteiger partial charge in [-0.15, -0.1) is 24.0 Å². The smallest absolute Gasteiger partial charge is 0.141 e. The SMILES string of the molecule is CCc1ccc(F)c2sc(S)cc12. The predicted molar refractivity (Wildman–Crippen MR) is 58.4 cm³/mol. The van der Waals surface area contributed by atoms with Gasteiger partial charge in [0.15, 0.2) is 0 Å². The third-order valence-corrected chi connectivity index (χ3v) is 3.44. The molecule has 0 aliphatic rings. The van der Waals surface area contributed by atoms with Crippen molar-refractivity contribution in [2.75, 3.05) is 0 Å². The molecule has 2 aromatic rings. The number of fused-ring (bicyclic) bond motifs is 1. The van der Waals surface area contributed by atoms with Gasteiger partial charge < -0.3 is 0 Å². The van der Waals surface area contributed by atoms with Gasteiger partial charge in [0.2, 0.25) is 0 Å². The molecule has 0 unspecified atom stereocenters. The van der Waals surface area contributed by atoms with Crippen molar-refractivity contribution in [3.05, 3.63) is 29.6 Å². The van der Waals surface area contributed by atoms with Crippen molar-refractivity contribution in [3.8, 4) is 0 Å². The topological polar surface area (TPSA) is 0 Å². The van der Waals surface area contributed by atoms with Crippen LogP contribution in [0.25, 0.3) is 10.1 Å². The van der Waals surface area contributed by atoms with Crippen LogP contribution in [-0.2, 0) is 6.42 Å². The number of hydrogen-bond donors (Lipinski definition) is 1. The van der Waals surface area contributed by atoms with Crippen molar-refractivity contribution in [2.24, 2.45) is 0 Å². The van der Waals surface area contributed by atoms with Gasteiger partial charge >= 0.3 is 0 Å². The zero-order valence-corrected chi connectivity index (χ0v) is 8.88. The molecule has 0 spiro atoms. The molecule has 0 aliphatic carbocycles. The number of hydrogen-bond acceptors (Lipinski definition) is 2. The van der Waals surface area contributed by atoms with Crippen molar-refractivity contribution in [1.29, 1.82) is 0 Å². The average molecular weight is 212 g/mol. The van der Waals surface area contributed by atoms with E-state index in [0.717, 1.165) is 20.7 Å². The maximum atomic E-state index is 13.3. The van der Waals surface area contributed by atoms with E-state index in [-0.39, 0.29) is 5.82 Å². The van der Waals surface area contributed by atoms with Crippen LogP contribution in [0.3, 0.4) is 0 Å². The van der Waals surface area contributed by atoms with Gasteiger partial charge in [-0.1, -0.05) is 13.0 Å². The molecule has 13 heavy (non-hydrogen) atoms. The summed E-state index contributed by atoms with van der Waals surface area (Å²) in [7, 11) is 0. The van der Waals surface area contributed by atoms with Crippen LogP contribution in [-0.4, -0.2) is 0 Å². The zero-order valence-electron chi connectivity index (χ0n) is 7.17. The molecule has 0 amide bonds. The Kier molecular flexibility index (Phi) is 2.30. The van der Waals surface area contributed by atoms with Crippen LogP contribution in [0.2, 0.25) is 0 Å². The lowest BCUT2D eigenvalue weighted by molar-refractivity contribution is 0.641. The second-order valence-corrected chi connectivity index (χ2v) is 4.72. The monoisotopic (exact) mass is 212 g/mol. The van der Waals surface area contributed by atoms with Crippen LogP contribution in [0.5, 0.6) is 0 Å². The second-order valence-electron chi connectivity index (χ2n) is 2.89. The van der Waals surface area contributed by atoms with Gasteiger partial charge in [-0.05, 0) is 29.5 Å². The molecule has 1 heterocycles. The second kappa shape index (κ2) is 3.31. The van der Waals surface area contributed by atoms with Crippen LogP contribution < -0.4 is 0 Å². The van der Waals surface area contributed by atoms with E-state index in [4.69, 9.17) is 0 Å². The van der Waals surface area contributed by atoms with Crippen LogP contribution >= 0.6 is 24.0 Å². The van der Waals surface area contributed by atoms with Gasteiger partial charge in [-0.2, -0.15) is 0 Å². The van der Waals surface area contributed by atoms with Crippen molar-refractivity contribution >= 4 is 34.1 Å². The van der Waals surface area contributed by atoms with Gasteiger partial charge in [-0.3, -0.25) is 0 Å². The fraction of sp³-hybridized carbons (Fsp3) is 0.200. The van der Waals surface area contributed by atoms with E-state index in [1.807, 2.05) is 12.1 Å². The number of benzene rings is 1. The Hall–Kier alpha value is -0.540. The molecule has 0 nitrogen and oxygen atoms in total. The van der Waals surface area contributed by atoms with E-state index in [2.05, 4.69) is 19.6 Å². The summed E-state index contributed by atoms with van der Waals surface area (Å²) in [6, 6.07) is 5.31. The van der Waals surface area contributed by atoms with Crippen LogP contribution in [0.1, 0.15) is 12.5 Å². The predicted octanol–water partition coefficient (Wildman–Crippen LogP) is 3.89. The molecule has 68 valence electrons. The Labute approximate surface area is 85.8 Å². The molecule has 0 saturated carbocycles. The number of thiol groups is 1. The minimum absolute atomic E-state index is 0.141. The molecule has 0 aliphatic heterocycles. The minimum atomic E-state index is -0.141. The molecule has 1 aromatic carbocycles. The van der Waals surface area contributed by atoms with Gasteiger partial charge in [0.25, 0.3) is 0 Å².